The van der Waals surface area contributed by atoms with Crippen LogP contribution >= 0.6 is 23.2 Å². The molecule has 1 aromatic heterocycles. The van der Waals surface area contributed by atoms with Crippen LogP contribution in [0.15, 0.2) is 45.6 Å². The molecule has 24 heavy (non-hydrogen) atoms. The van der Waals surface area contributed by atoms with E-state index in [1.807, 2.05) is 6.92 Å². The molecule has 0 aliphatic rings. The van der Waals surface area contributed by atoms with E-state index >= 15 is 0 Å². The number of hydrogen-bond donors (Lipinski definition) is 0. The largest absolute Gasteiger partial charge is 0.423 e. The molecule has 3 rings (SSSR count). The summed E-state index contributed by atoms with van der Waals surface area (Å²) in [5.74, 6) is -0.435. The minimum atomic E-state index is -0.465. The van der Waals surface area contributed by atoms with Crippen LogP contribution < -0.4 is 5.63 Å². The first-order valence-corrected chi connectivity index (χ1v) is 8.44. The van der Waals surface area contributed by atoms with Crippen molar-refractivity contribution in [1.29, 1.82) is 0 Å². The van der Waals surface area contributed by atoms with E-state index in [4.69, 9.17) is 27.6 Å². The SMILES string of the molecule is CCCc1c(Cc2c(F)cccc2Cl)c(=O)oc2ccc(Cl)cc12. The van der Waals surface area contributed by atoms with E-state index in [9.17, 15) is 9.18 Å². The summed E-state index contributed by atoms with van der Waals surface area (Å²) in [4.78, 5) is 12.5. The molecule has 0 atom stereocenters. The lowest BCUT2D eigenvalue weighted by molar-refractivity contribution is 0.547. The van der Waals surface area contributed by atoms with Gasteiger partial charge in [0.15, 0.2) is 0 Å². The first-order chi connectivity index (χ1) is 11.5. The second-order valence-corrected chi connectivity index (χ2v) is 6.46. The second-order valence-electron chi connectivity index (χ2n) is 5.61. The summed E-state index contributed by atoms with van der Waals surface area (Å²) in [5, 5.41) is 1.64. The summed E-state index contributed by atoms with van der Waals surface area (Å²) in [7, 11) is 0. The molecule has 0 bridgehead atoms. The van der Waals surface area contributed by atoms with Gasteiger partial charge in [-0.1, -0.05) is 42.6 Å². The molecule has 2 aromatic carbocycles. The fourth-order valence-electron chi connectivity index (χ4n) is 2.87. The summed E-state index contributed by atoms with van der Waals surface area (Å²) in [6.07, 6.45) is 1.60. The predicted octanol–water partition coefficient (Wildman–Crippen LogP) is 5.78. The minimum Gasteiger partial charge on any atom is -0.423 e. The Bertz CT molecular complexity index is 943. The van der Waals surface area contributed by atoms with Crippen LogP contribution in [0.4, 0.5) is 4.39 Å². The van der Waals surface area contributed by atoms with Gasteiger partial charge in [-0.15, -0.1) is 0 Å². The third kappa shape index (κ3) is 3.19. The average molecular weight is 365 g/mol. The van der Waals surface area contributed by atoms with Gasteiger partial charge >= 0.3 is 5.63 Å². The maximum absolute atomic E-state index is 14.1. The highest BCUT2D eigenvalue weighted by molar-refractivity contribution is 6.31. The van der Waals surface area contributed by atoms with Crippen LogP contribution in [0.1, 0.15) is 30.0 Å². The minimum absolute atomic E-state index is 0.0889. The molecule has 0 fully saturated rings. The van der Waals surface area contributed by atoms with E-state index in [-0.39, 0.29) is 6.42 Å². The van der Waals surface area contributed by atoms with E-state index in [1.165, 1.54) is 12.1 Å². The van der Waals surface area contributed by atoms with Crippen molar-refractivity contribution in [3.8, 4) is 0 Å². The summed E-state index contributed by atoms with van der Waals surface area (Å²) in [6.45, 7) is 2.02. The molecule has 2 nitrogen and oxygen atoms in total. The number of fused-ring (bicyclic) bond motifs is 1. The van der Waals surface area contributed by atoms with Gasteiger partial charge in [-0.25, -0.2) is 9.18 Å². The number of aryl methyl sites for hydroxylation is 1. The van der Waals surface area contributed by atoms with Gasteiger partial charge in [0, 0.05) is 33.0 Å². The number of benzene rings is 2. The fraction of sp³-hybridized carbons (Fsp3) is 0.211. The highest BCUT2D eigenvalue weighted by atomic mass is 35.5. The van der Waals surface area contributed by atoms with Crippen molar-refractivity contribution >= 4 is 34.2 Å². The fourth-order valence-corrected chi connectivity index (χ4v) is 3.27. The molecule has 1 heterocycles. The van der Waals surface area contributed by atoms with Crippen molar-refractivity contribution in [3.05, 3.63) is 79.4 Å². The lowest BCUT2D eigenvalue weighted by Crippen LogP contribution is -2.13. The molecule has 0 unspecified atom stereocenters. The smallest absolute Gasteiger partial charge is 0.340 e. The lowest BCUT2D eigenvalue weighted by atomic mass is 9.95. The zero-order valence-corrected chi connectivity index (χ0v) is 14.5. The standard InChI is InChI=1S/C19H15Cl2FO2/c1-2-4-12-13-9-11(20)7-8-18(13)24-19(23)14(12)10-15-16(21)5-3-6-17(15)22/h3,5-9H,2,4,10H2,1H3. The molecule has 3 aromatic rings. The average Bonchev–Trinajstić information content (AvgIpc) is 2.54. The highest BCUT2D eigenvalue weighted by Gasteiger charge is 2.18. The Morgan fingerprint density at radius 2 is 1.88 bits per heavy atom. The quantitative estimate of drug-likeness (QED) is 0.549. The third-order valence-electron chi connectivity index (χ3n) is 4.00. The van der Waals surface area contributed by atoms with Crippen molar-refractivity contribution in [3.63, 3.8) is 0 Å². The van der Waals surface area contributed by atoms with E-state index < -0.39 is 11.4 Å². The van der Waals surface area contributed by atoms with Crippen LogP contribution in [-0.4, -0.2) is 0 Å². The van der Waals surface area contributed by atoms with Crippen molar-refractivity contribution < 1.29 is 8.81 Å². The van der Waals surface area contributed by atoms with Gasteiger partial charge in [-0.3, -0.25) is 0 Å². The number of halogens is 3. The summed E-state index contributed by atoms with van der Waals surface area (Å²) >= 11 is 12.2. The zero-order chi connectivity index (χ0) is 17.3. The van der Waals surface area contributed by atoms with E-state index in [2.05, 4.69) is 0 Å². The predicted molar refractivity (Wildman–Crippen MR) is 95.7 cm³/mol. The normalized spacial score (nSPS) is 11.2. The van der Waals surface area contributed by atoms with Gasteiger partial charge in [0.1, 0.15) is 11.4 Å². The van der Waals surface area contributed by atoms with Gasteiger partial charge in [0.2, 0.25) is 0 Å². The molecule has 0 radical (unpaired) electrons. The van der Waals surface area contributed by atoms with Crippen LogP contribution in [-0.2, 0) is 12.8 Å². The topological polar surface area (TPSA) is 30.2 Å². The Morgan fingerprint density at radius 3 is 2.58 bits per heavy atom. The van der Waals surface area contributed by atoms with Crippen molar-refractivity contribution in [1.82, 2.24) is 0 Å². The maximum Gasteiger partial charge on any atom is 0.340 e. The van der Waals surface area contributed by atoms with Gasteiger partial charge < -0.3 is 4.42 Å². The molecule has 0 aliphatic carbocycles. The van der Waals surface area contributed by atoms with Crippen LogP contribution in [0.2, 0.25) is 10.0 Å². The molecule has 0 saturated carbocycles. The van der Waals surface area contributed by atoms with Gasteiger partial charge in [-0.2, -0.15) is 0 Å². The molecule has 124 valence electrons. The molecule has 0 saturated heterocycles. The monoisotopic (exact) mass is 364 g/mol. The Kier molecular flexibility index (Phi) is 4.93. The molecular formula is C19H15Cl2FO2. The van der Waals surface area contributed by atoms with Crippen LogP contribution in [0.5, 0.6) is 0 Å². The van der Waals surface area contributed by atoms with Crippen LogP contribution in [0, 0.1) is 5.82 Å². The molecule has 0 aliphatic heterocycles. The van der Waals surface area contributed by atoms with E-state index in [0.29, 0.717) is 33.2 Å². The van der Waals surface area contributed by atoms with Gasteiger partial charge in [0.25, 0.3) is 0 Å². The van der Waals surface area contributed by atoms with E-state index in [0.717, 1.165) is 17.4 Å². The maximum atomic E-state index is 14.1. The number of hydrogen-bond acceptors (Lipinski definition) is 2. The van der Waals surface area contributed by atoms with Gasteiger partial charge in [-0.05, 0) is 42.3 Å². The van der Waals surface area contributed by atoms with E-state index in [1.54, 1.807) is 24.3 Å². The molecule has 0 amide bonds. The first-order valence-electron chi connectivity index (χ1n) is 7.68. The highest BCUT2D eigenvalue weighted by Crippen LogP contribution is 2.28. The van der Waals surface area contributed by atoms with Crippen molar-refractivity contribution in [2.24, 2.45) is 0 Å². The van der Waals surface area contributed by atoms with Gasteiger partial charge in [0.05, 0.1) is 0 Å². The first kappa shape index (κ1) is 17.0. The Balaban J connectivity index is 2.25. The Labute approximate surface area is 148 Å². The Hall–Kier alpha value is -1.84. The molecular weight excluding hydrogens is 350 g/mol. The second kappa shape index (κ2) is 6.96. The van der Waals surface area contributed by atoms with Crippen LogP contribution in [0.25, 0.3) is 11.0 Å². The molecule has 5 heteroatoms. The molecule has 0 spiro atoms. The third-order valence-corrected chi connectivity index (χ3v) is 4.58. The lowest BCUT2D eigenvalue weighted by Gasteiger charge is -2.12. The zero-order valence-electron chi connectivity index (χ0n) is 13.0. The summed E-state index contributed by atoms with van der Waals surface area (Å²) in [5.41, 5.74) is 1.58. The van der Waals surface area contributed by atoms with Crippen molar-refractivity contribution in [2.45, 2.75) is 26.2 Å². The number of rotatable bonds is 4. The van der Waals surface area contributed by atoms with Crippen LogP contribution in [0.3, 0.4) is 0 Å². The molecule has 0 N–H and O–H groups in total. The Morgan fingerprint density at radius 1 is 1.08 bits per heavy atom. The van der Waals surface area contributed by atoms with Crippen molar-refractivity contribution in [2.75, 3.05) is 0 Å². The summed E-state index contributed by atoms with van der Waals surface area (Å²) in [6, 6.07) is 9.61. The summed E-state index contributed by atoms with van der Waals surface area (Å²) < 4.78 is 19.5.